The van der Waals surface area contributed by atoms with Crippen molar-refractivity contribution < 1.29 is 33.0 Å². The van der Waals surface area contributed by atoms with Crippen LogP contribution in [-0.2, 0) is 14.3 Å². The van der Waals surface area contributed by atoms with Gasteiger partial charge in [0.25, 0.3) is 5.91 Å². The maximum Gasteiger partial charge on any atom is 0.306 e. The van der Waals surface area contributed by atoms with Crippen molar-refractivity contribution in [3.8, 4) is 5.75 Å². The van der Waals surface area contributed by atoms with Crippen molar-refractivity contribution in [2.24, 2.45) is 11.8 Å². The molecule has 0 bridgehead atoms. The minimum absolute atomic E-state index is 0.0742. The summed E-state index contributed by atoms with van der Waals surface area (Å²) in [6.07, 6.45) is 5.28. The Kier molecular flexibility index (Phi) is 9.85. The Morgan fingerprint density at radius 3 is 2.37 bits per heavy atom. The number of amides is 1. The molecule has 2 aromatic carbocycles. The predicted octanol–water partition coefficient (Wildman–Crippen LogP) is 5.46. The second-order valence-corrected chi connectivity index (χ2v) is 13.6. The number of hydrogen-bond donors (Lipinski definition) is 1. The Balaban J connectivity index is 1.29. The van der Waals surface area contributed by atoms with Gasteiger partial charge < -0.3 is 24.4 Å². The van der Waals surface area contributed by atoms with Gasteiger partial charge in [0, 0.05) is 75.4 Å². The molecule has 4 atom stereocenters. The predicted molar refractivity (Wildman–Crippen MR) is 172 cm³/mol. The lowest BCUT2D eigenvalue weighted by Crippen LogP contribution is -2.50. The number of likely N-dealkylation sites (tertiary alicyclic amines) is 2. The van der Waals surface area contributed by atoms with Crippen molar-refractivity contribution in [3.05, 3.63) is 59.4 Å². The van der Waals surface area contributed by atoms with Gasteiger partial charge in [-0.1, -0.05) is 31.0 Å². The summed E-state index contributed by atoms with van der Waals surface area (Å²) in [7, 11) is 1.60. The molecule has 46 heavy (non-hydrogen) atoms. The molecule has 4 fully saturated rings. The highest BCUT2D eigenvalue weighted by Crippen LogP contribution is 2.46. The zero-order chi connectivity index (χ0) is 32.4. The molecular weight excluding hydrogens is 592 g/mol. The van der Waals surface area contributed by atoms with E-state index in [1.54, 1.807) is 18.1 Å². The van der Waals surface area contributed by atoms with Gasteiger partial charge in [-0.3, -0.25) is 14.5 Å². The normalized spacial score (nSPS) is 27.9. The molecule has 250 valence electrons. The smallest absolute Gasteiger partial charge is 0.306 e. The van der Waals surface area contributed by atoms with Gasteiger partial charge in [0.2, 0.25) is 5.67 Å². The van der Waals surface area contributed by atoms with E-state index in [4.69, 9.17) is 9.47 Å². The van der Waals surface area contributed by atoms with E-state index >= 15 is 4.39 Å². The van der Waals surface area contributed by atoms with Crippen molar-refractivity contribution in [1.29, 1.82) is 0 Å². The number of carboxylic acids is 1. The van der Waals surface area contributed by atoms with Crippen molar-refractivity contribution in [2.45, 2.75) is 69.0 Å². The number of hydrogen-bond acceptors (Lipinski definition) is 6. The number of nitrogens with zero attached hydrogens (tertiary/aromatic N) is 3. The summed E-state index contributed by atoms with van der Waals surface area (Å²) in [5.74, 6) is -2.25. The van der Waals surface area contributed by atoms with Crippen LogP contribution in [0.4, 0.5) is 14.5 Å². The van der Waals surface area contributed by atoms with Crippen LogP contribution in [0.15, 0.2) is 42.5 Å². The summed E-state index contributed by atoms with van der Waals surface area (Å²) in [5.41, 5.74) is 0.328. The fourth-order valence-corrected chi connectivity index (χ4v) is 8.38. The quantitative estimate of drug-likeness (QED) is 0.370. The molecule has 0 spiro atoms. The molecule has 10 heteroatoms. The van der Waals surface area contributed by atoms with Gasteiger partial charge >= 0.3 is 5.97 Å². The highest BCUT2D eigenvalue weighted by molar-refractivity contribution is 5.88. The standard InChI is InChI=1S/C36H47F2N3O5/c1-3-46-22-26-19-40(20-31(26)30-13-10-27(37)18-33(30)39-16-14-25(15-17-39)34(42)43)35(44)36(38)23-41(28-6-4-5-7-28)21-32(36)24-8-11-29(45-2)12-9-24/h8-13,18,25-26,28,31-32H,3-7,14-17,19-23H2,1-2H3,(H,42,43)/t26-,31+,32+,36+/m1/s1. The van der Waals surface area contributed by atoms with E-state index in [2.05, 4.69) is 9.80 Å². The monoisotopic (exact) mass is 639 g/mol. The number of halogens is 2. The maximum absolute atomic E-state index is 17.6. The number of aliphatic carboxylic acids is 1. The van der Waals surface area contributed by atoms with Crippen LogP contribution in [0.25, 0.3) is 0 Å². The van der Waals surface area contributed by atoms with Crippen LogP contribution >= 0.6 is 0 Å². The molecule has 0 aromatic heterocycles. The number of ether oxygens (including phenoxy) is 2. The van der Waals surface area contributed by atoms with Gasteiger partial charge in [-0.2, -0.15) is 0 Å². The summed E-state index contributed by atoms with van der Waals surface area (Å²) in [6.45, 7) is 5.08. The Bertz CT molecular complexity index is 1380. The Morgan fingerprint density at radius 2 is 1.72 bits per heavy atom. The number of carbonyl (C=O) groups is 2. The summed E-state index contributed by atoms with van der Waals surface area (Å²) in [6, 6.07) is 12.5. The topological polar surface area (TPSA) is 82.6 Å². The SMILES string of the molecule is CCOC[C@H]1CN(C(=O)[C@]2(F)CN(C3CCCC3)C[C@H]2c2ccc(OC)cc2)C[C@@H]1c1ccc(F)cc1N1CCC(C(=O)O)CC1. The molecule has 3 saturated heterocycles. The first-order valence-corrected chi connectivity index (χ1v) is 16.9. The van der Waals surface area contributed by atoms with Crippen molar-refractivity contribution in [1.82, 2.24) is 9.80 Å². The van der Waals surface area contributed by atoms with Crippen molar-refractivity contribution in [2.75, 3.05) is 64.5 Å². The lowest BCUT2D eigenvalue weighted by molar-refractivity contribution is -0.143. The Morgan fingerprint density at radius 1 is 1.00 bits per heavy atom. The molecule has 0 radical (unpaired) electrons. The third kappa shape index (κ3) is 6.47. The number of carboxylic acid groups (broad SMARTS) is 1. The third-order valence-corrected chi connectivity index (χ3v) is 11.0. The van der Waals surface area contributed by atoms with Crippen LogP contribution in [0.1, 0.15) is 68.4 Å². The number of benzene rings is 2. The molecule has 0 unspecified atom stereocenters. The van der Waals surface area contributed by atoms with E-state index in [0.29, 0.717) is 64.5 Å². The minimum Gasteiger partial charge on any atom is -0.497 e. The van der Waals surface area contributed by atoms with E-state index in [0.717, 1.165) is 42.5 Å². The molecule has 1 amide bonds. The summed E-state index contributed by atoms with van der Waals surface area (Å²) >= 11 is 0. The molecular formula is C36H47F2N3O5. The van der Waals surface area contributed by atoms with Crippen LogP contribution < -0.4 is 9.64 Å². The second-order valence-electron chi connectivity index (χ2n) is 13.6. The lowest BCUT2D eigenvalue weighted by atomic mass is 9.85. The molecule has 3 aliphatic heterocycles. The number of alkyl halides is 1. The van der Waals surface area contributed by atoms with E-state index in [-0.39, 0.29) is 30.2 Å². The van der Waals surface area contributed by atoms with E-state index in [9.17, 15) is 19.1 Å². The van der Waals surface area contributed by atoms with Gasteiger partial charge in [-0.15, -0.1) is 0 Å². The first kappa shape index (κ1) is 32.7. The number of piperidine rings is 1. The molecule has 4 aliphatic rings. The number of anilines is 1. The van der Waals surface area contributed by atoms with Gasteiger partial charge in [-0.25, -0.2) is 8.78 Å². The first-order chi connectivity index (χ1) is 22.2. The minimum atomic E-state index is -2.09. The summed E-state index contributed by atoms with van der Waals surface area (Å²) in [5, 5.41) is 9.50. The van der Waals surface area contributed by atoms with Crippen LogP contribution in [-0.4, -0.2) is 98.1 Å². The van der Waals surface area contributed by atoms with Crippen LogP contribution in [0.3, 0.4) is 0 Å². The van der Waals surface area contributed by atoms with Crippen LogP contribution in [0.5, 0.6) is 5.75 Å². The van der Waals surface area contributed by atoms with Crippen LogP contribution in [0.2, 0.25) is 0 Å². The average Bonchev–Trinajstić information content (AvgIpc) is 3.83. The molecule has 2 aromatic rings. The maximum atomic E-state index is 17.6. The Labute approximate surface area is 270 Å². The highest BCUT2D eigenvalue weighted by Gasteiger charge is 2.57. The summed E-state index contributed by atoms with van der Waals surface area (Å²) < 4.78 is 43.6. The van der Waals surface area contributed by atoms with Crippen molar-refractivity contribution >= 4 is 17.6 Å². The third-order valence-electron chi connectivity index (χ3n) is 11.0. The molecule has 1 aliphatic carbocycles. The Hall–Kier alpha value is -3.24. The van der Waals surface area contributed by atoms with E-state index in [1.807, 2.05) is 31.2 Å². The highest BCUT2D eigenvalue weighted by atomic mass is 19.1. The first-order valence-electron chi connectivity index (χ1n) is 16.9. The van der Waals surface area contributed by atoms with Gasteiger partial charge in [-0.05, 0) is 68.0 Å². The zero-order valence-electron chi connectivity index (χ0n) is 27.0. The lowest BCUT2D eigenvalue weighted by Gasteiger charge is -2.35. The molecule has 3 heterocycles. The average molecular weight is 640 g/mol. The molecule has 6 rings (SSSR count). The number of methoxy groups -OCH3 is 1. The largest absolute Gasteiger partial charge is 0.497 e. The summed E-state index contributed by atoms with van der Waals surface area (Å²) in [4.78, 5) is 32.0. The number of rotatable bonds is 10. The fraction of sp³-hybridized carbons (Fsp3) is 0.611. The van der Waals surface area contributed by atoms with Crippen LogP contribution in [0, 0.1) is 17.7 Å². The van der Waals surface area contributed by atoms with E-state index < -0.39 is 29.4 Å². The second kappa shape index (κ2) is 13.9. The van der Waals surface area contributed by atoms with Gasteiger partial charge in [0.1, 0.15) is 11.6 Å². The molecule has 8 nitrogen and oxygen atoms in total. The fourth-order valence-electron chi connectivity index (χ4n) is 8.38. The van der Waals surface area contributed by atoms with Gasteiger partial charge in [0.15, 0.2) is 0 Å². The zero-order valence-corrected chi connectivity index (χ0v) is 27.0. The van der Waals surface area contributed by atoms with Crippen molar-refractivity contribution in [3.63, 3.8) is 0 Å². The van der Waals surface area contributed by atoms with Gasteiger partial charge in [0.05, 0.1) is 19.6 Å². The number of carbonyl (C=O) groups excluding carboxylic acids is 1. The molecule has 1 saturated carbocycles. The van der Waals surface area contributed by atoms with E-state index in [1.165, 1.54) is 12.1 Å². The molecule has 1 N–H and O–H groups in total.